The van der Waals surface area contributed by atoms with Crippen molar-refractivity contribution in [2.45, 2.75) is 38.3 Å². The van der Waals surface area contributed by atoms with E-state index in [0.717, 1.165) is 43.1 Å². The number of aryl methyl sites for hydroxylation is 1. The minimum Gasteiger partial charge on any atom is -0.454 e. The molecule has 1 atom stereocenters. The number of benzene rings is 2. The molecule has 2 heterocycles. The largest absolute Gasteiger partial charge is 0.454 e. The van der Waals surface area contributed by atoms with E-state index in [1.54, 1.807) is 12.1 Å². The highest BCUT2D eigenvalue weighted by Gasteiger charge is 2.32. The van der Waals surface area contributed by atoms with E-state index in [1.165, 1.54) is 23.3 Å². The smallest absolute Gasteiger partial charge is 0.231 e. The summed E-state index contributed by atoms with van der Waals surface area (Å²) in [6, 6.07) is 10.3. The van der Waals surface area contributed by atoms with E-state index in [1.807, 2.05) is 6.07 Å². The van der Waals surface area contributed by atoms with Gasteiger partial charge in [-0.2, -0.15) is 0 Å². The first kappa shape index (κ1) is 17.3. The molecule has 2 aliphatic rings. The quantitative estimate of drug-likeness (QED) is 0.909. The maximum Gasteiger partial charge on any atom is 0.231 e. The summed E-state index contributed by atoms with van der Waals surface area (Å²) in [5.41, 5.74) is 2.33. The predicted octanol–water partition coefficient (Wildman–Crippen LogP) is 3.74. The summed E-state index contributed by atoms with van der Waals surface area (Å²) in [5, 5.41) is 11.1. The second kappa shape index (κ2) is 6.89. The van der Waals surface area contributed by atoms with Crippen molar-refractivity contribution in [2.24, 2.45) is 0 Å². The third-order valence-electron chi connectivity index (χ3n) is 5.51. The van der Waals surface area contributed by atoms with Crippen molar-refractivity contribution in [3.05, 3.63) is 58.9 Å². The number of hydrogen-bond acceptors (Lipinski definition) is 4. The number of likely N-dealkylation sites (tertiary alicyclic amines) is 1. The van der Waals surface area contributed by atoms with Gasteiger partial charge in [-0.1, -0.05) is 12.1 Å². The van der Waals surface area contributed by atoms with E-state index in [2.05, 4.69) is 17.9 Å². The van der Waals surface area contributed by atoms with E-state index >= 15 is 0 Å². The molecule has 0 amide bonds. The number of halogens is 1. The van der Waals surface area contributed by atoms with E-state index in [4.69, 9.17) is 9.47 Å². The van der Waals surface area contributed by atoms with Crippen molar-refractivity contribution in [1.82, 2.24) is 4.90 Å². The summed E-state index contributed by atoms with van der Waals surface area (Å²) < 4.78 is 24.1. The van der Waals surface area contributed by atoms with Crippen molar-refractivity contribution in [1.29, 1.82) is 0 Å². The minimum absolute atomic E-state index is 0.272. The molecule has 5 heteroatoms. The Bertz CT molecular complexity index is 793. The summed E-state index contributed by atoms with van der Waals surface area (Å²) >= 11 is 0. The number of hydrogen-bond donors (Lipinski definition) is 1. The summed E-state index contributed by atoms with van der Waals surface area (Å²) in [6.45, 7) is 4.91. The lowest BCUT2D eigenvalue weighted by Gasteiger charge is -2.27. The summed E-state index contributed by atoms with van der Waals surface area (Å²) in [5.74, 6) is 1.35. The van der Waals surface area contributed by atoms with Gasteiger partial charge in [0.05, 0.1) is 5.60 Å². The normalized spacial score (nSPS) is 23.0. The molecule has 4 nitrogen and oxygen atoms in total. The van der Waals surface area contributed by atoms with Crippen LogP contribution in [0.2, 0.25) is 0 Å². The van der Waals surface area contributed by atoms with Gasteiger partial charge in [0, 0.05) is 13.1 Å². The number of fused-ring (bicyclic) bond motifs is 1. The third-order valence-corrected chi connectivity index (χ3v) is 5.51. The van der Waals surface area contributed by atoms with E-state index in [0.29, 0.717) is 12.8 Å². The Morgan fingerprint density at radius 2 is 1.81 bits per heavy atom. The second-order valence-electron chi connectivity index (χ2n) is 7.30. The van der Waals surface area contributed by atoms with Crippen LogP contribution in [0.3, 0.4) is 0 Å². The van der Waals surface area contributed by atoms with Gasteiger partial charge in [0.15, 0.2) is 11.5 Å². The zero-order valence-electron chi connectivity index (χ0n) is 15.0. The van der Waals surface area contributed by atoms with Crippen LogP contribution in [-0.2, 0) is 12.1 Å². The monoisotopic (exact) mass is 357 g/mol. The van der Waals surface area contributed by atoms with Crippen molar-refractivity contribution >= 4 is 0 Å². The lowest BCUT2D eigenvalue weighted by atomic mass is 9.87. The van der Waals surface area contributed by atoms with Crippen LogP contribution in [0.5, 0.6) is 11.5 Å². The Balaban J connectivity index is 1.46. The first-order valence-corrected chi connectivity index (χ1v) is 9.13. The first-order valence-electron chi connectivity index (χ1n) is 9.13. The molecule has 0 saturated carbocycles. The third kappa shape index (κ3) is 3.41. The zero-order chi connectivity index (χ0) is 18.1. The average molecular weight is 357 g/mol. The van der Waals surface area contributed by atoms with Gasteiger partial charge >= 0.3 is 0 Å². The van der Waals surface area contributed by atoms with Gasteiger partial charge in [-0.15, -0.1) is 0 Å². The standard InChI is InChI=1S/C21H24FNO3/c1-15-11-19-20(26-14-25-19)12-16(15)13-23-9-2-7-21(24,8-10-23)17-3-5-18(22)6-4-17/h3-6,11-12,24H,2,7-10,13-14H2,1H3. The average Bonchev–Trinajstić information content (AvgIpc) is 2.98. The Morgan fingerprint density at radius 1 is 1.08 bits per heavy atom. The fraction of sp³-hybridized carbons (Fsp3) is 0.429. The van der Waals surface area contributed by atoms with Crippen molar-refractivity contribution in [2.75, 3.05) is 19.9 Å². The highest BCUT2D eigenvalue weighted by Crippen LogP contribution is 2.36. The predicted molar refractivity (Wildman–Crippen MR) is 96.7 cm³/mol. The highest BCUT2D eigenvalue weighted by atomic mass is 19.1. The molecular weight excluding hydrogens is 333 g/mol. The van der Waals surface area contributed by atoms with Gasteiger partial charge in [0.1, 0.15) is 5.82 Å². The molecule has 1 saturated heterocycles. The molecule has 1 fully saturated rings. The van der Waals surface area contributed by atoms with Gasteiger partial charge in [0.25, 0.3) is 0 Å². The Kier molecular flexibility index (Phi) is 4.59. The van der Waals surface area contributed by atoms with Gasteiger partial charge in [-0.3, -0.25) is 4.90 Å². The molecule has 0 aromatic heterocycles. The molecule has 0 aliphatic carbocycles. The van der Waals surface area contributed by atoms with Crippen molar-refractivity contribution < 1.29 is 19.0 Å². The van der Waals surface area contributed by atoms with Crippen LogP contribution in [-0.4, -0.2) is 29.9 Å². The molecule has 138 valence electrons. The van der Waals surface area contributed by atoms with E-state index in [-0.39, 0.29) is 12.6 Å². The molecule has 0 radical (unpaired) electrons. The summed E-state index contributed by atoms with van der Waals surface area (Å²) in [4.78, 5) is 2.37. The van der Waals surface area contributed by atoms with Crippen LogP contribution in [0.15, 0.2) is 36.4 Å². The van der Waals surface area contributed by atoms with Gasteiger partial charge in [0.2, 0.25) is 6.79 Å². The molecule has 2 aromatic rings. The molecule has 0 spiro atoms. The fourth-order valence-electron chi connectivity index (χ4n) is 3.88. The van der Waals surface area contributed by atoms with E-state index in [9.17, 15) is 9.50 Å². The Hall–Kier alpha value is -2.11. The molecule has 1 N–H and O–H groups in total. The second-order valence-corrected chi connectivity index (χ2v) is 7.30. The lowest BCUT2D eigenvalue weighted by Crippen LogP contribution is -2.29. The first-order chi connectivity index (χ1) is 12.5. The van der Waals surface area contributed by atoms with E-state index < -0.39 is 5.60 Å². The molecule has 2 aliphatic heterocycles. The zero-order valence-corrected chi connectivity index (χ0v) is 15.0. The fourth-order valence-corrected chi connectivity index (χ4v) is 3.88. The lowest BCUT2D eigenvalue weighted by molar-refractivity contribution is 0.0209. The van der Waals surface area contributed by atoms with Crippen molar-refractivity contribution in [3.8, 4) is 11.5 Å². The molecular formula is C21H24FNO3. The maximum absolute atomic E-state index is 13.2. The van der Waals surface area contributed by atoms with Crippen molar-refractivity contribution in [3.63, 3.8) is 0 Å². The maximum atomic E-state index is 13.2. The van der Waals surface area contributed by atoms with Crippen LogP contribution in [0, 0.1) is 12.7 Å². The van der Waals surface area contributed by atoms with Gasteiger partial charge in [-0.25, -0.2) is 4.39 Å². The number of nitrogens with zero attached hydrogens (tertiary/aromatic N) is 1. The van der Waals surface area contributed by atoms with Crippen LogP contribution >= 0.6 is 0 Å². The number of rotatable bonds is 3. The van der Waals surface area contributed by atoms with Crippen LogP contribution in [0.25, 0.3) is 0 Å². The molecule has 2 aromatic carbocycles. The Labute approximate surface area is 153 Å². The van der Waals surface area contributed by atoms with Crippen LogP contribution < -0.4 is 9.47 Å². The summed E-state index contributed by atoms with van der Waals surface area (Å²) in [6.07, 6.45) is 2.23. The number of aliphatic hydroxyl groups is 1. The number of ether oxygens (including phenoxy) is 2. The SMILES string of the molecule is Cc1cc2c(cc1CN1CCCC(O)(c3ccc(F)cc3)CC1)OCO2. The molecule has 1 unspecified atom stereocenters. The van der Waals surface area contributed by atoms with Gasteiger partial charge < -0.3 is 14.6 Å². The Morgan fingerprint density at radius 3 is 2.58 bits per heavy atom. The summed E-state index contributed by atoms with van der Waals surface area (Å²) in [7, 11) is 0. The topological polar surface area (TPSA) is 41.9 Å². The molecule has 26 heavy (non-hydrogen) atoms. The van der Waals surface area contributed by atoms with Gasteiger partial charge in [-0.05, 0) is 73.7 Å². The highest BCUT2D eigenvalue weighted by molar-refractivity contribution is 5.48. The molecule has 4 rings (SSSR count). The molecule has 0 bridgehead atoms. The van der Waals surface area contributed by atoms with Crippen LogP contribution in [0.4, 0.5) is 4.39 Å². The minimum atomic E-state index is -0.883. The van der Waals surface area contributed by atoms with Crippen LogP contribution in [0.1, 0.15) is 36.0 Å².